The molecule has 0 amide bonds. The van der Waals surface area contributed by atoms with Gasteiger partial charge in [-0.3, -0.25) is 0 Å². The van der Waals surface area contributed by atoms with Gasteiger partial charge in [-0.25, -0.2) is 0 Å². The molecule has 2 aliphatic rings. The summed E-state index contributed by atoms with van der Waals surface area (Å²) in [5, 5.41) is 3.06. The van der Waals surface area contributed by atoms with Crippen molar-refractivity contribution in [3.8, 4) is 6.01 Å². The van der Waals surface area contributed by atoms with Crippen LogP contribution in [0.1, 0.15) is 30.5 Å². The van der Waals surface area contributed by atoms with Gasteiger partial charge >= 0.3 is 6.01 Å². The zero-order valence-corrected chi connectivity index (χ0v) is 17.5. The number of fused-ring (bicyclic) bond motifs is 2. The lowest BCUT2D eigenvalue weighted by Crippen LogP contribution is -2.36. The van der Waals surface area contributed by atoms with Gasteiger partial charge in [-0.05, 0) is 43.2 Å². The summed E-state index contributed by atoms with van der Waals surface area (Å²) in [4.78, 5) is 14.3. The van der Waals surface area contributed by atoms with Gasteiger partial charge < -0.3 is 14.5 Å². The highest BCUT2D eigenvalue weighted by Gasteiger charge is 2.27. The Hall–Kier alpha value is -2.53. The Morgan fingerprint density at radius 3 is 2.52 bits per heavy atom. The topological polar surface area (TPSA) is 41.5 Å². The van der Waals surface area contributed by atoms with E-state index in [0.717, 1.165) is 65.6 Å². The van der Waals surface area contributed by atoms with E-state index in [1.807, 2.05) is 12.1 Å². The number of methoxy groups -OCH3 is 1. The van der Waals surface area contributed by atoms with Crippen LogP contribution in [-0.2, 0) is 13.0 Å². The maximum Gasteiger partial charge on any atom is 0.318 e. The number of hydrogen-bond acceptors (Lipinski definition) is 5. The van der Waals surface area contributed by atoms with Gasteiger partial charge in [-0.15, -0.1) is 0 Å². The number of benzene rings is 2. The SMILES string of the molecule is COc1nc2c(c(N3CCCCC3)n1)CCN(c1cccc3cccc(Cl)c13)C2. The van der Waals surface area contributed by atoms with Crippen LogP contribution in [0.5, 0.6) is 6.01 Å². The summed E-state index contributed by atoms with van der Waals surface area (Å²) in [6.45, 7) is 3.79. The minimum atomic E-state index is 0.460. The summed E-state index contributed by atoms with van der Waals surface area (Å²) in [5.74, 6) is 1.07. The van der Waals surface area contributed by atoms with Crippen LogP contribution < -0.4 is 14.5 Å². The third kappa shape index (κ3) is 3.38. The van der Waals surface area contributed by atoms with Gasteiger partial charge in [-0.2, -0.15) is 9.97 Å². The van der Waals surface area contributed by atoms with Crippen molar-refractivity contribution in [1.29, 1.82) is 0 Å². The first-order valence-corrected chi connectivity index (χ1v) is 10.7. The number of hydrogen-bond donors (Lipinski definition) is 0. The Morgan fingerprint density at radius 2 is 1.72 bits per heavy atom. The molecule has 1 fully saturated rings. The van der Waals surface area contributed by atoms with Gasteiger partial charge in [0.2, 0.25) is 0 Å². The summed E-state index contributed by atoms with van der Waals surface area (Å²) in [7, 11) is 1.65. The molecule has 3 aromatic rings. The van der Waals surface area contributed by atoms with Crippen molar-refractivity contribution in [2.45, 2.75) is 32.2 Å². The first-order chi connectivity index (χ1) is 14.2. The minimum absolute atomic E-state index is 0.460. The third-order valence-electron chi connectivity index (χ3n) is 6.03. The van der Waals surface area contributed by atoms with Crippen LogP contribution in [0, 0.1) is 0 Å². The highest BCUT2D eigenvalue weighted by Crippen LogP contribution is 2.37. The molecule has 1 aromatic heterocycles. The largest absolute Gasteiger partial charge is 0.467 e. The Labute approximate surface area is 176 Å². The van der Waals surface area contributed by atoms with E-state index >= 15 is 0 Å². The monoisotopic (exact) mass is 408 g/mol. The number of nitrogens with zero attached hydrogens (tertiary/aromatic N) is 4. The number of anilines is 2. The van der Waals surface area contributed by atoms with Gasteiger partial charge in [0, 0.05) is 36.3 Å². The zero-order chi connectivity index (χ0) is 19.8. The molecule has 29 heavy (non-hydrogen) atoms. The fourth-order valence-electron chi connectivity index (χ4n) is 4.59. The fraction of sp³-hybridized carbons (Fsp3) is 0.391. The number of aromatic nitrogens is 2. The van der Waals surface area contributed by atoms with Crippen molar-refractivity contribution >= 4 is 33.9 Å². The Morgan fingerprint density at radius 1 is 0.931 bits per heavy atom. The summed E-state index contributed by atoms with van der Waals surface area (Å²) >= 11 is 6.58. The summed E-state index contributed by atoms with van der Waals surface area (Å²) in [6, 6.07) is 12.9. The van der Waals surface area contributed by atoms with Crippen LogP contribution in [0.25, 0.3) is 10.8 Å². The van der Waals surface area contributed by atoms with Crippen LogP contribution in [0.2, 0.25) is 5.02 Å². The smallest absolute Gasteiger partial charge is 0.318 e. The van der Waals surface area contributed by atoms with E-state index < -0.39 is 0 Å². The summed E-state index contributed by atoms with van der Waals surface area (Å²) in [5.41, 5.74) is 3.50. The van der Waals surface area contributed by atoms with Crippen molar-refractivity contribution in [1.82, 2.24) is 9.97 Å². The minimum Gasteiger partial charge on any atom is -0.467 e. The van der Waals surface area contributed by atoms with Crippen LogP contribution in [-0.4, -0.2) is 36.7 Å². The molecule has 0 unspecified atom stereocenters. The van der Waals surface area contributed by atoms with Crippen molar-refractivity contribution in [3.63, 3.8) is 0 Å². The van der Waals surface area contributed by atoms with E-state index in [1.54, 1.807) is 7.11 Å². The zero-order valence-electron chi connectivity index (χ0n) is 16.7. The third-order valence-corrected chi connectivity index (χ3v) is 6.35. The molecular formula is C23H25ClN4O. The molecule has 2 aromatic carbocycles. The summed E-state index contributed by atoms with van der Waals surface area (Å²) < 4.78 is 5.45. The second-order valence-corrected chi connectivity index (χ2v) is 8.20. The molecule has 0 N–H and O–H groups in total. The highest BCUT2D eigenvalue weighted by atomic mass is 35.5. The van der Waals surface area contributed by atoms with Crippen molar-refractivity contribution in [2.24, 2.45) is 0 Å². The summed E-state index contributed by atoms with van der Waals surface area (Å²) in [6.07, 6.45) is 4.67. The Kier molecular flexibility index (Phi) is 4.92. The van der Waals surface area contributed by atoms with E-state index in [0.29, 0.717) is 6.01 Å². The average molecular weight is 409 g/mol. The molecule has 2 aliphatic heterocycles. The maximum atomic E-state index is 6.58. The van der Waals surface area contributed by atoms with Crippen LogP contribution in [0.15, 0.2) is 36.4 Å². The lowest BCUT2D eigenvalue weighted by Gasteiger charge is -2.35. The van der Waals surface area contributed by atoms with Gasteiger partial charge in [0.1, 0.15) is 5.82 Å². The standard InChI is InChI=1S/C23H25ClN4O/c1-29-23-25-19-15-28(20-10-6-8-16-7-5-9-18(24)21(16)20)14-11-17(19)22(26-23)27-12-3-2-4-13-27/h5-10H,2-4,11-15H2,1H3. The second kappa shape index (κ2) is 7.71. The quantitative estimate of drug-likeness (QED) is 0.620. The fourth-order valence-corrected chi connectivity index (χ4v) is 4.87. The molecule has 0 saturated carbocycles. The van der Waals surface area contributed by atoms with Crippen LogP contribution in [0.3, 0.4) is 0 Å². The number of piperidine rings is 1. The van der Waals surface area contributed by atoms with Crippen molar-refractivity contribution in [3.05, 3.63) is 52.7 Å². The number of ether oxygens (including phenoxy) is 1. The Bertz CT molecular complexity index is 1040. The first kappa shape index (κ1) is 18.5. The normalized spacial score (nSPS) is 16.8. The number of halogens is 1. The molecule has 0 aliphatic carbocycles. The maximum absolute atomic E-state index is 6.58. The van der Waals surface area contributed by atoms with Crippen molar-refractivity contribution in [2.75, 3.05) is 36.5 Å². The molecule has 0 spiro atoms. The predicted molar refractivity (Wildman–Crippen MR) is 118 cm³/mol. The van der Waals surface area contributed by atoms with Crippen LogP contribution >= 0.6 is 11.6 Å². The van der Waals surface area contributed by atoms with E-state index in [2.05, 4.69) is 34.1 Å². The van der Waals surface area contributed by atoms with E-state index in [9.17, 15) is 0 Å². The molecule has 1 saturated heterocycles. The van der Waals surface area contributed by atoms with E-state index in [1.165, 1.54) is 24.8 Å². The van der Waals surface area contributed by atoms with E-state index in [-0.39, 0.29) is 0 Å². The molecule has 0 bridgehead atoms. The predicted octanol–water partition coefficient (Wildman–Crippen LogP) is 4.84. The van der Waals surface area contributed by atoms with Gasteiger partial charge in [-0.1, -0.05) is 35.9 Å². The molecule has 6 heteroatoms. The number of rotatable bonds is 3. The first-order valence-electron chi connectivity index (χ1n) is 10.4. The average Bonchev–Trinajstić information content (AvgIpc) is 2.78. The highest BCUT2D eigenvalue weighted by molar-refractivity contribution is 6.36. The van der Waals surface area contributed by atoms with Gasteiger partial charge in [0.05, 0.1) is 24.4 Å². The van der Waals surface area contributed by atoms with E-state index in [4.69, 9.17) is 26.3 Å². The molecule has 5 nitrogen and oxygen atoms in total. The lowest BCUT2D eigenvalue weighted by molar-refractivity contribution is 0.376. The Balaban J connectivity index is 1.55. The van der Waals surface area contributed by atoms with Crippen LogP contribution in [0.4, 0.5) is 11.5 Å². The molecule has 150 valence electrons. The second-order valence-electron chi connectivity index (χ2n) is 7.79. The molecular weight excluding hydrogens is 384 g/mol. The lowest BCUT2D eigenvalue weighted by atomic mass is 10.0. The molecule has 5 rings (SSSR count). The van der Waals surface area contributed by atoms with Gasteiger partial charge in [0.15, 0.2) is 0 Å². The van der Waals surface area contributed by atoms with Gasteiger partial charge in [0.25, 0.3) is 0 Å². The van der Waals surface area contributed by atoms with Crippen molar-refractivity contribution < 1.29 is 4.74 Å². The molecule has 0 atom stereocenters. The molecule has 3 heterocycles. The molecule has 0 radical (unpaired) electrons.